The average molecular weight is 227 g/mol. The number of halogens is 1. The van der Waals surface area contributed by atoms with Crippen LogP contribution in [0, 0.1) is 0 Å². The summed E-state index contributed by atoms with van der Waals surface area (Å²) < 4.78 is 5.12. The highest BCUT2D eigenvalue weighted by atomic mass is 127. The van der Waals surface area contributed by atoms with Gasteiger partial charge in [-0.3, -0.25) is 7.97 Å². The van der Waals surface area contributed by atoms with Gasteiger partial charge in [0.15, 0.2) is 0 Å². The van der Waals surface area contributed by atoms with Crippen molar-refractivity contribution in [3.8, 4) is 0 Å². The lowest BCUT2D eigenvalue weighted by molar-refractivity contribution is 0.128. The molecule has 0 aromatic carbocycles. The van der Waals surface area contributed by atoms with E-state index in [9.17, 15) is 0 Å². The smallest absolute Gasteiger partial charge is 0.122 e. The molecule has 0 radical (unpaired) electrons. The van der Waals surface area contributed by atoms with Gasteiger partial charge in [-0.1, -0.05) is 0 Å². The first-order valence-electron chi connectivity index (χ1n) is 2.82. The fraction of sp³-hybridized carbons (Fsp3) is 1.00. The minimum atomic E-state index is 0.385. The molecule has 0 bridgehead atoms. The van der Waals surface area contributed by atoms with E-state index in [0.717, 1.165) is 0 Å². The summed E-state index contributed by atoms with van der Waals surface area (Å²) in [7, 11) is 2.09. The maximum atomic E-state index is 5.12. The van der Waals surface area contributed by atoms with Crippen LogP contribution >= 0.6 is 23.0 Å². The summed E-state index contributed by atoms with van der Waals surface area (Å²) in [5.41, 5.74) is 0. The zero-order chi connectivity index (χ0) is 5.98. The van der Waals surface area contributed by atoms with Crippen LogP contribution in [0.25, 0.3) is 0 Å². The van der Waals surface area contributed by atoms with Crippen molar-refractivity contribution in [2.45, 2.75) is 19.1 Å². The molecule has 0 aromatic rings. The van der Waals surface area contributed by atoms with E-state index in [0.29, 0.717) is 6.23 Å². The van der Waals surface area contributed by atoms with E-state index in [1.54, 1.807) is 0 Å². The summed E-state index contributed by atoms with van der Waals surface area (Å²) in [4.78, 5) is 2.23. The van der Waals surface area contributed by atoms with Gasteiger partial charge >= 0.3 is 0 Å². The van der Waals surface area contributed by atoms with Crippen LogP contribution in [0.15, 0.2) is 0 Å². The van der Waals surface area contributed by atoms with Crippen molar-refractivity contribution in [1.29, 1.82) is 0 Å². The van der Waals surface area contributed by atoms with Crippen molar-refractivity contribution in [1.82, 2.24) is 4.90 Å². The van der Waals surface area contributed by atoms with Crippen molar-refractivity contribution in [2.24, 2.45) is 0 Å². The number of hydrogen-bond donors (Lipinski definition) is 0. The molecule has 0 aromatic heterocycles. The van der Waals surface area contributed by atoms with E-state index in [-0.39, 0.29) is 0 Å². The van der Waals surface area contributed by atoms with Crippen molar-refractivity contribution < 1.29 is 3.07 Å². The van der Waals surface area contributed by atoms with Gasteiger partial charge in [-0.25, -0.2) is 0 Å². The number of nitrogens with zero attached hydrogens (tertiary/aromatic N) is 1. The van der Waals surface area contributed by atoms with E-state index in [4.69, 9.17) is 3.07 Å². The summed E-state index contributed by atoms with van der Waals surface area (Å²) in [5.74, 6) is 0. The summed E-state index contributed by atoms with van der Waals surface area (Å²) in [6, 6.07) is 0. The van der Waals surface area contributed by atoms with Crippen molar-refractivity contribution in [3.05, 3.63) is 0 Å². The molecule has 1 heterocycles. The third-order valence-corrected chi connectivity index (χ3v) is 2.14. The third kappa shape index (κ3) is 1.33. The van der Waals surface area contributed by atoms with Crippen molar-refractivity contribution in [3.63, 3.8) is 0 Å². The van der Waals surface area contributed by atoms with Crippen LogP contribution in [0.5, 0.6) is 0 Å². The Hall–Kier alpha value is 0.650. The molecule has 1 aliphatic heterocycles. The minimum Gasteiger partial charge on any atom is -0.296 e. The predicted octanol–water partition coefficient (Wildman–Crippen LogP) is 1.40. The van der Waals surface area contributed by atoms with Crippen LogP contribution in [0.1, 0.15) is 12.8 Å². The lowest BCUT2D eigenvalue weighted by Crippen LogP contribution is -2.24. The van der Waals surface area contributed by atoms with Crippen LogP contribution in [0.2, 0.25) is 0 Å². The van der Waals surface area contributed by atoms with Crippen LogP contribution in [-0.4, -0.2) is 24.7 Å². The Balaban J connectivity index is 2.30. The highest BCUT2D eigenvalue weighted by molar-refractivity contribution is 14.1. The molecule has 2 nitrogen and oxygen atoms in total. The van der Waals surface area contributed by atoms with E-state index in [1.807, 2.05) is 23.0 Å². The average Bonchev–Trinajstić information content (AvgIpc) is 2.14. The van der Waals surface area contributed by atoms with Crippen LogP contribution < -0.4 is 0 Å². The van der Waals surface area contributed by atoms with Crippen molar-refractivity contribution >= 4 is 23.0 Å². The first-order valence-corrected chi connectivity index (χ1v) is 3.70. The third-order valence-electron chi connectivity index (χ3n) is 1.56. The highest BCUT2D eigenvalue weighted by Gasteiger charge is 2.19. The molecule has 0 unspecified atom stereocenters. The standard InChI is InChI=1S/C5H10INO/c1-7-4-2-3-5(7)8-6/h5H,2-4H2,1H3/t5-/m0/s1. The SMILES string of the molecule is CN1CCC[C@@H]1OI. The highest BCUT2D eigenvalue weighted by Crippen LogP contribution is 2.17. The molecule has 0 saturated carbocycles. The Morgan fingerprint density at radius 2 is 2.50 bits per heavy atom. The molecule has 1 aliphatic rings. The summed E-state index contributed by atoms with van der Waals surface area (Å²) in [5, 5.41) is 0. The minimum absolute atomic E-state index is 0.385. The monoisotopic (exact) mass is 227 g/mol. The predicted molar refractivity (Wildman–Crippen MR) is 40.8 cm³/mol. The Labute approximate surface area is 63.9 Å². The summed E-state index contributed by atoms with van der Waals surface area (Å²) >= 11 is 1.96. The van der Waals surface area contributed by atoms with Crippen molar-refractivity contribution in [2.75, 3.05) is 13.6 Å². The maximum absolute atomic E-state index is 5.12. The Kier molecular flexibility index (Phi) is 2.52. The van der Waals surface area contributed by atoms with E-state index in [1.165, 1.54) is 19.4 Å². The van der Waals surface area contributed by atoms with Crippen LogP contribution in [0.3, 0.4) is 0 Å². The first-order chi connectivity index (χ1) is 3.84. The van der Waals surface area contributed by atoms with Gasteiger partial charge in [-0.2, -0.15) is 0 Å². The summed E-state index contributed by atoms with van der Waals surface area (Å²) in [6.07, 6.45) is 2.86. The second kappa shape index (κ2) is 2.98. The molecule has 1 rings (SSSR count). The molecule has 1 saturated heterocycles. The van der Waals surface area contributed by atoms with Gasteiger partial charge in [0.05, 0.1) is 0 Å². The van der Waals surface area contributed by atoms with Gasteiger partial charge in [-0.15, -0.1) is 0 Å². The fourth-order valence-electron chi connectivity index (χ4n) is 0.992. The fourth-order valence-corrected chi connectivity index (χ4v) is 1.63. The van der Waals surface area contributed by atoms with E-state index in [2.05, 4.69) is 11.9 Å². The molecule has 1 fully saturated rings. The topological polar surface area (TPSA) is 12.5 Å². The van der Waals surface area contributed by atoms with Gasteiger partial charge in [-0.05, 0) is 19.9 Å². The maximum Gasteiger partial charge on any atom is 0.122 e. The molecule has 1 atom stereocenters. The second-order valence-corrected chi connectivity index (χ2v) is 2.68. The van der Waals surface area contributed by atoms with Gasteiger partial charge in [0, 0.05) is 6.54 Å². The number of rotatable bonds is 1. The Morgan fingerprint density at radius 1 is 1.75 bits per heavy atom. The van der Waals surface area contributed by atoms with E-state index >= 15 is 0 Å². The molecule has 8 heavy (non-hydrogen) atoms. The molecule has 0 spiro atoms. The lowest BCUT2D eigenvalue weighted by atomic mass is 10.4. The van der Waals surface area contributed by atoms with Gasteiger partial charge < -0.3 is 0 Å². The number of likely N-dealkylation sites (tertiary alicyclic amines) is 1. The summed E-state index contributed by atoms with van der Waals surface area (Å²) in [6.45, 7) is 1.19. The largest absolute Gasteiger partial charge is 0.296 e. The molecule has 0 N–H and O–H groups in total. The first kappa shape index (κ1) is 6.77. The second-order valence-electron chi connectivity index (χ2n) is 2.17. The Morgan fingerprint density at radius 3 is 2.75 bits per heavy atom. The Bertz CT molecular complexity index is 78.8. The molecular weight excluding hydrogens is 217 g/mol. The zero-order valence-electron chi connectivity index (χ0n) is 4.93. The zero-order valence-corrected chi connectivity index (χ0v) is 7.09. The molecular formula is C5H10INO. The van der Waals surface area contributed by atoms with Gasteiger partial charge in [0.1, 0.15) is 29.2 Å². The molecule has 3 heteroatoms. The quantitative estimate of drug-likeness (QED) is 0.628. The normalized spacial score (nSPS) is 31.5. The van der Waals surface area contributed by atoms with Gasteiger partial charge in [0.2, 0.25) is 0 Å². The van der Waals surface area contributed by atoms with Crippen LogP contribution in [0.4, 0.5) is 0 Å². The number of hydrogen-bond acceptors (Lipinski definition) is 2. The molecule has 0 aliphatic carbocycles. The van der Waals surface area contributed by atoms with E-state index < -0.39 is 0 Å². The molecule has 48 valence electrons. The van der Waals surface area contributed by atoms with Gasteiger partial charge in [0.25, 0.3) is 0 Å². The van der Waals surface area contributed by atoms with Crippen LogP contribution in [-0.2, 0) is 3.07 Å². The molecule has 0 amide bonds. The lowest BCUT2D eigenvalue weighted by Gasteiger charge is -2.14.